The maximum absolute atomic E-state index is 12.8. The first-order valence-electron chi connectivity index (χ1n) is 9.36. The van der Waals surface area contributed by atoms with Gasteiger partial charge in [-0.15, -0.1) is 0 Å². The van der Waals surface area contributed by atoms with Crippen LogP contribution in [0.25, 0.3) is 0 Å². The third-order valence-corrected chi connectivity index (χ3v) is 4.88. The third kappa shape index (κ3) is 7.76. The number of carbonyl (C=O) groups is 2. The van der Waals surface area contributed by atoms with Gasteiger partial charge in [0.1, 0.15) is 5.60 Å². The lowest BCUT2D eigenvalue weighted by Crippen LogP contribution is -2.51. The molecule has 25 heavy (non-hydrogen) atoms. The maximum atomic E-state index is 12.8. The van der Waals surface area contributed by atoms with Crippen molar-refractivity contribution in [3.05, 3.63) is 0 Å². The lowest BCUT2D eigenvalue weighted by atomic mass is 9.89. The summed E-state index contributed by atoms with van der Waals surface area (Å²) in [5.41, 5.74) is -0.533. The van der Waals surface area contributed by atoms with Crippen LogP contribution in [0, 0.1) is 17.8 Å². The Kier molecular flexibility index (Phi) is 9.70. The summed E-state index contributed by atoms with van der Waals surface area (Å²) in [4.78, 5) is 26.9. The molecule has 0 aromatic carbocycles. The molecule has 0 aromatic rings. The second kappa shape index (κ2) is 10.1. The molecule has 0 aliphatic carbocycles. The highest BCUT2D eigenvalue weighted by Gasteiger charge is 2.36. The number of likely N-dealkylation sites (N-methyl/N-ethyl adjacent to an activating group) is 1. The van der Waals surface area contributed by atoms with Gasteiger partial charge in [0, 0.05) is 20.1 Å². The van der Waals surface area contributed by atoms with Crippen molar-refractivity contribution < 1.29 is 19.1 Å². The molecule has 0 fully saturated rings. The van der Waals surface area contributed by atoms with E-state index >= 15 is 0 Å². The van der Waals surface area contributed by atoms with Crippen LogP contribution in [0.3, 0.4) is 0 Å². The minimum Gasteiger partial charge on any atom is -0.460 e. The highest BCUT2D eigenvalue weighted by atomic mass is 16.6. The second-order valence-electron chi connectivity index (χ2n) is 8.42. The van der Waals surface area contributed by atoms with Crippen molar-refractivity contribution in [3.8, 4) is 0 Å². The van der Waals surface area contributed by atoms with Gasteiger partial charge in [-0.3, -0.25) is 9.59 Å². The Hall–Kier alpha value is -1.10. The Morgan fingerprint density at radius 1 is 1.08 bits per heavy atom. The van der Waals surface area contributed by atoms with Crippen molar-refractivity contribution in [2.75, 3.05) is 14.2 Å². The topological polar surface area (TPSA) is 55.8 Å². The summed E-state index contributed by atoms with van der Waals surface area (Å²) in [6.07, 6.45) is 0.640. The van der Waals surface area contributed by atoms with Gasteiger partial charge in [0.05, 0.1) is 18.6 Å². The summed E-state index contributed by atoms with van der Waals surface area (Å²) in [6, 6.07) is -0.170. The van der Waals surface area contributed by atoms with Crippen LogP contribution in [0.15, 0.2) is 0 Å². The van der Waals surface area contributed by atoms with E-state index in [-0.39, 0.29) is 42.1 Å². The molecular formula is C20H39NO4. The second-order valence-corrected chi connectivity index (χ2v) is 8.42. The van der Waals surface area contributed by atoms with Crippen molar-refractivity contribution in [3.63, 3.8) is 0 Å². The van der Waals surface area contributed by atoms with E-state index in [2.05, 4.69) is 13.8 Å². The van der Waals surface area contributed by atoms with Crippen LogP contribution in [0.2, 0.25) is 0 Å². The molecule has 0 saturated heterocycles. The minimum atomic E-state index is -0.533. The molecule has 0 saturated carbocycles. The molecule has 0 aliphatic rings. The molecule has 1 amide bonds. The van der Waals surface area contributed by atoms with E-state index in [1.54, 1.807) is 12.0 Å². The van der Waals surface area contributed by atoms with Gasteiger partial charge < -0.3 is 14.4 Å². The molecule has 5 nitrogen and oxygen atoms in total. The van der Waals surface area contributed by atoms with E-state index in [0.717, 1.165) is 6.42 Å². The van der Waals surface area contributed by atoms with Crippen LogP contribution in [-0.4, -0.2) is 48.7 Å². The lowest BCUT2D eigenvalue weighted by molar-refractivity contribution is -0.161. The van der Waals surface area contributed by atoms with Gasteiger partial charge in [-0.1, -0.05) is 41.0 Å². The molecule has 0 N–H and O–H groups in total. The van der Waals surface area contributed by atoms with Crippen LogP contribution in [0.1, 0.15) is 68.2 Å². The maximum Gasteiger partial charge on any atom is 0.309 e. The molecule has 0 aliphatic heterocycles. The number of rotatable bonds is 9. The average molecular weight is 358 g/mol. The minimum absolute atomic E-state index is 0.0735. The SMILES string of the molecule is CC[C@H](C)[C@@H]([C@@H](CC(=O)OC(C)(C)C)OC)N(C)C(=O)[C@@H](C)C(C)C. The van der Waals surface area contributed by atoms with E-state index < -0.39 is 11.7 Å². The van der Waals surface area contributed by atoms with Gasteiger partial charge in [-0.05, 0) is 32.6 Å². The van der Waals surface area contributed by atoms with Crippen LogP contribution < -0.4 is 0 Å². The first-order chi connectivity index (χ1) is 11.4. The van der Waals surface area contributed by atoms with Crippen molar-refractivity contribution in [2.45, 2.75) is 86.0 Å². The van der Waals surface area contributed by atoms with E-state index in [0.29, 0.717) is 0 Å². The molecule has 148 valence electrons. The Labute approximate surface area is 154 Å². The fourth-order valence-corrected chi connectivity index (χ4v) is 2.88. The number of amides is 1. The van der Waals surface area contributed by atoms with Crippen molar-refractivity contribution in [1.82, 2.24) is 4.90 Å². The van der Waals surface area contributed by atoms with Gasteiger partial charge in [0.25, 0.3) is 0 Å². The molecule has 0 spiro atoms. The lowest BCUT2D eigenvalue weighted by Gasteiger charge is -2.39. The normalized spacial score (nSPS) is 16.9. The third-order valence-electron chi connectivity index (χ3n) is 4.88. The Bertz CT molecular complexity index is 428. The summed E-state index contributed by atoms with van der Waals surface area (Å²) >= 11 is 0. The quantitative estimate of drug-likeness (QED) is 0.587. The monoisotopic (exact) mass is 357 g/mol. The van der Waals surface area contributed by atoms with Crippen molar-refractivity contribution in [1.29, 1.82) is 0 Å². The van der Waals surface area contributed by atoms with E-state index in [9.17, 15) is 9.59 Å². The fraction of sp³-hybridized carbons (Fsp3) is 0.900. The molecule has 0 bridgehead atoms. The molecule has 0 rings (SSSR count). The number of hydrogen-bond donors (Lipinski definition) is 0. The number of hydrogen-bond acceptors (Lipinski definition) is 4. The van der Waals surface area contributed by atoms with Gasteiger partial charge in [0.15, 0.2) is 0 Å². The summed E-state index contributed by atoms with van der Waals surface area (Å²) in [5, 5.41) is 0. The van der Waals surface area contributed by atoms with E-state index in [1.165, 1.54) is 0 Å². The largest absolute Gasteiger partial charge is 0.460 e. The van der Waals surface area contributed by atoms with Crippen LogP contribution in [0.4, 0.5) is 0 Å². The Morgan fingerprint density at radius 2 is 1.60 bits per heavy atom. The van der Waals surface area contributed by atoms with Gasteiger partial charge in [-0.25, -0.2) is 0 Å². The summed E-state index contributed by atoms with van der Waals surface area (Å²) in [5.74, 6) is 0.188. The molecule has 4 atom stereocenters. The van der Waals surface area contributed by atoms with Crippen LogP contribution in [-0.2, 0) is 19.1 Å². The van der Waals surface area contributed by atoms with Crippen molar-refractivity contribution in [2.24, 2.45) is 17.8 Å². The Balaban J connectivity index is 5.39. The predicted octanol–water partition coefficient (Wildman–Crippen LogP) is 3.90. The molecule has 0 unspecified atom stereocenters. The number of ether oxygens (including phenoxy) is 2. The van der Waals surface area contributed by atoms with Gasteiger partial charge in [0.2, 0.25) is 5.91 Å². The molecule has 0 aromatic heterocycles. The van der Waals surface area contributed by atoms with Gasteiger partial charge in [-0.2, -0.15) is 0 Å². The van der Waals surface area contributed by atoms with E-state index in [4.69, 9.17) is 9.47 Å². The molecule has 0 radical (unpaired) electrons. The molecule has 0 heterocycles. The fourth-order valence-electron chi connectivity index (χ4n) is 2.88. The summed E-state index contributed by atoms with van der Waals surface area (Å²) in [7, 11) is 3.41. The van der Waals surface area contributed by atoms with Crippen molar-refractivity contribution >= 4 is 11.9 Å². The van der Waals surface area contributed by atoms with E-state index in [1.807, 2.05) is 48.6 Å². The first-order valence-corrected chi connectivity index (χ1v) is 9.36. The van der Waals surface area contributed by atoms with Gasteiger partial charge >= 0.3 is 5.97 Å². The zero-order valence-corrected chi connectivity index (χ0v) is 17.9. The zero-order chi connectivity index (χ0) is 19.9. The van der Waals surface area contributed by atoms with Crippen LogP contribution >= 0.6 is 0 Å². The molecular weight excluding hydrogens is 318 g/mol. The smallest absolute Gasteiger partial charge is 0.309 e. The molecule has 5 heteroatoms. The number of esters is 1. The summed E-state index contributed by atoms with van der Waals surface area (Å²) < 4.78 is 11.1. The predicted molar refractivity (Wildman–Crippen MR) is 101 cm³/mol. The number of nitrogens with zero attached hydrogens (tertiary/aromatic N) is 1. The van der Waals surface area contributed by atoms with Crippen LogP contribution in [0.5, 0.6) is 0 Å². The highest BCUT2D eigenvalue weighted by Crippen LogP contribution is 2.25. The Morgan fingerprint density at radius 3 is 1.96 bits per heavy atom. The number of carbonyl (C=O) groups excluding carboxylic acids is 2. The highest BCUT2D eigenvalue weighted by molar-refractivity contribution is 5.79. The first kappa shape index (κ1) is 23.9. The zero-order valence-electron chi connectivity index (χ0n) is 17.9. The summed E-state index contributed by atoms with van der Waals surface area (Å²) in [6.45, 7) is 15.8. The average Bonchev–Trinajstić information content (AvgIpc) is 2.49. The standard InChI is InChI=1S/C20H39NO4/c1-11-14(4)18(21(9)19(23)15(5)13(2)3)16(24-10)12-17(22)25-20(6,7)8/h13-16,18H,11-12H2,1-10H3/t14-,15-,16+,18-/m0/s1. The number of methoxy groups -OCH3 is 1.